The third kappa shape index (κ3) is 8.09. The monoisotopic (exact) mass is 409 g/mol. The second-order valence-electron chi connectivity index (χ2n) is 6.04. The van der Waals surface area contributed by atoms with Crippen LogP contribution in [0.3, 0.4) is 0 Å². The smallest absolute Gasteiger partial charge is 0.193 e. The minimum absolute atomic E-state index is 0. The van der Waals surface area contributed by atoms with Gasteiger partial charge in [0.15, 0.2) is 5.96 Å². The summed E-state index contributed by atoms with van der Waals surface area (Å²) in [7, 11) is 3.95. The van der Waals surface area contributed by atoms with Crippen molar-refractivity contribution >= 4 is 41.3 Å². The number of likely N-dealkylation sites (N-methyl/N-ethyl adjacent to an activating group) is 1. The summed E-state index contributed by atoms with van der Waals surface area (Å²) in [6, 6.07) is 4.30. The number of aliphatic imine (C=N–C) groups is 1. The van der Waals surface area contributed by atoms with E-state index >= 15 is 0 Å². The molecule has 0 amide bonds. The lowest BCUT2D eigenvalue weighted by atomic mass is 9.92. The molecule has 1 rings (SSSR count). The standard InChI is InChI=1S/C15H27N3S.HI/c1-15(2,3)9-10-17-14(16-4)18(5)11-8-13-7-6-12-19-13;/h6-7,12H,8-11H2,1-5H3,(H,16,17);1H. The second-order valence-corrected chi connectivity index (χ2v) is 7.07. The number of hydrogen-bond acceptors (Lipinski definition) is 2. The van der Waals surface area contributed by atoms with Gasteiger partial charge in [-0.1, -0.05) is 26.8 Å². The zero-order valence-electron chi connectivity index (χ0n) is 13.3. The topological polar surface area (TPSA) is 27.6 Å². The van der Waals surface area contributed by atoms with Gasteiger partial charge in [0.05, 0.1) is 0 Å². The highest BCUT2D eigenvalue weighted by molar-refractivity contribution is 14.0. The number of nitrogens with one attached hydrogen (secondary N) is 1. The lowest BCUT2D eigenvalue weighted by Gasteiger charge is -2.24. The molecular weight excluding hydrogens is 381 g/mol. The Kier molecular flexibility index (Phi) is 9.46. The van der Waals surface area contributed by atoms with E-state index in [1.54, 1.807) is 0 Å². The van der Waals surface area contributed by atoms with Crippen LogP contribution in [-0.4, -0.2) is 38.0 Å². The van der Waals surface area contributed by atoms with E-state index in [-0.39, 0.29) is 24.0 Å². The molecule has 20 heavy (non-hydrogen) atoms. The molecule has 1 aromatic heterocycles. The quantitative estimate of drug-likeness (QED) is 0.455. The molecule has 0 saturated carbocycles. The van der Waals surface area contributed by atoms with Crippen molar-refractivity contribution in [3.05, 3.63) is 22.4 Å². The second kappa shape index (κ2) is 9.60. The van der Waals surface area contributed by atoms with Crippen LogP contribution in [-0.2, 0) is 6.42 Å². The lowest BCUT2D eigenvalue weighted by Crippen LogP contribution is -2.40. The van der Waals surface area contributed by atoms with Gasteiger partial charge >= 0.3 is 0 Å². The molecule has 0 bridgehead atoms. The fourth-order valence-corrected chi connectivity index (χ4v) is 2.47. The van der Waals surface area contributed by atoms with Gasteiger partial charge in [0, 0.05) is 32.1 Å². The summed E-state index contributed by atoms with van der Waals surface area (Å²) in [5.74, 6) is 0.987. The van der Waals surface area contributed by atoms with Crippen molar-refractivity contribution < 1.29 is 0 Å². The van der Waals surface area contributed by atoms with E-state index in [0.29, 0.717) is 5.41 Å². The van der Waals surface area contributed by atoms with E-state index in [0.717, 1.165) is 31.9 Å². The number of hydrogen-bond donors (Lipinski definition) is 1. The summed E-state index contributed by atoms with van der Waals surface area (Å²) in [5.41, 5.74) is 0.362. The molecule has 0 saturated heterocycles. The molecule has 116 valence electrons. The fraction of sp³-hybridized carbons (Fsp3) is 0.667. The van der Waals surface area contributed by atoms with Crippen LogP contribution in [0.4, 0.5) is 0 Å². The minimum atomic E-state index is 0. The van der Waals surface area contributed by atoms with E-state index in [1.807, 2.05) is 18.4 Å². The van der Waals surface area contributed by atoms with Crippen LogP contribution in [0, 0.1) is 5.41 Å². The Bertz CT molecular complexity index is 382. The first-order valence-corrected chi connectivity index (χ1v) is 7.74. The predicted octanol–water partition coefficient (Wildman–Crippen LogP) is 3.85. The highest BCUT2D eigenvalue weighted by Crippen LogP contribution is 2.17. The van der Waals surface area contributed by atoms with Crippen LogP contribution in [0.15, 0.2) is 22.5 Å². The van der Waals surface area contributed by atoms with Crippen LogP contribution < -0.4 is 5.32 Å². The van der Waals surface area contributed by atoms with Crippen molar-refractivity contribution in [3.63, 3.8) is 0 Å². The van der Waals surface area contributed by atoms with E-state index in [9.17, 15) is 0 Å². The average molecular weight is 409 g/mol. The lowest BCUT2D eigenvalue weighted by molar-refractivity contribution is 0.372. The van der Waals surface area contributed by atoms with Crippen molar-refractivity contribution in [3.8, 4) is 0 Å². The van der Waals surface area contributed by atoms with Crippen LogP contribution in [0.1, 0.15) is 32.1 Å². The molecule has 0 aliphatic carbocycles. The third-order valence-corrected chi connectivity index (χ3v) is 3.94. The minimum Gasteiger partial charge on any atom is -0.356 e. The first-order valence-electron chi connectivity index (χ1n) is 6.86. The molecule has 0 aromatic carbocycles. The number of halogens is 1. The van der Waals surface area contributed by atoms with Crippen molar-refractivity contribution in [2.45, 2.75) is 33.6 Å². The molecule has 0 aliphatic rings. The van der Waals surface area contributed by atoms with Gasteiger partial charge in [0.2, 0.25) is 0 Å². The Morgan fingerprint density at radius 1 is 1.40 bits per heavy atom. The third-order valence-electron chi connectivity index (χ3n) is 3.01. The number of rotatable bonds is 5. The summed E-state index contributed by atoms with van der Waals surface area (Å²) in [5, 5.41) is 5.57. The molecule has 0 atom stereocenters. The maximum atomic E-state index is 4.34. The Morgan fingerprint density at radius 2 is 2.10 bits per heavy atom. The fourth-order valence-electron chi connectivity index (χ4n) is 1.77. The summed E-state index contributed by atoms with van der Waals surface area (Å²) >= 11 is 1.82. The van der Waals surface area contributed by atoms with Crippen molar-refractivity contribution in [1.82, 2.24) is 10.2 Å². The molecule has 1 N–H and O–H groups in total. The van der Waals surface area contributed by atoms with E-state index < -0.39 is 0 Å². The average Bonchev–Trinajstić information content (AvgIpc) is 2.83. The highest BCUT2D eigenvalue weighted by atomic mass is 127. The van der Waals surface area contributed by atoms with Crippen LogP contribution in [0.5, 0.6) is 0 Å². The van der Waals surface area contributed by atoms with E-state index in [2.05, 4.69) is 60.5 Å². The first kappa shape index (κ1) is 19.7. The van der Waals surface area contributed by atoms with E-state index in [4.69, 9.17) is 0 Å². The van der Waals surface area contributed by atoms with Gasteiger partial charge in [-0.2, -0.15) is 0 Å². The Balaban J connectivity index is 0.00000361. The number of thiophene rings is 1. The van der Waals surface area contributed by atoms with Crippen molar-refractivity contribution in [2.24, 2.45) is 10.4 Å². The Morgan fingerprint density at radius 3 is 2.60 bits per heavy atom. The van der Waals surface area contributed by atoms with Gasteiger partial charge in [0.1, 0.15) is 0 Å². The van der Waals surface area contributed by atoms with E-state index in [1.165, 1.54) is 4.88 Å². The summed E-state index contributed by atoms with van der Waals surface area (Å²) in [4.78, 5) is 7.97. The zero-order chi connectivity index (χ0) is 14.3. The molecular formula is C15H28IN3S. The van der Waals surface area contributed by atoms with Gasteiger partial charge in [-0.25, -0.2) is 0 Å². The van der Waals surface area contributed by atoms with Crippen molar-refractivity contribution in [2.75, 3.05) is 27.2 Å². The Labute approximate surface area is 144 Å². The molecule has 0 unspecified atom stereocenters. The molecule has 0 radical (unpaired) electrons. The first-order chi connectivity index (χ1) is 8.92. The normalized spacial score (nSPS) is 11.9. The summed E-state index contributed by atoms with van der Waals surface area (Å²) < 4.78 is 0. The highest BCUT2D eigenvalue weighted by Gasteiger charge is 2.11. The van der Waals surface area contributed by atoms with Gasteiger partial charge in [-0.15, -0.1) is 35.3 Å². The predicted molar refractivity (Wildman–Crippen MR) is 102 cm³/mol. The van der Waals surface area contributed by atoms with Crippen LogP contribution in [0.2, 0.25) is 0 Å². The van der Waals surface area contributed by atoms with Crippen molar-refractivity contribution in [1.29, 1.82) is 0 Å². The summed E-state index contributed by atoms with van der Waals surface area (Å²) in [6.07, 6.45) is 2.22. The number of guanidine groups is 1. The molecule has 0 aliphatic heterocycles. The molecule has 1 heterocycles. The molecule has 1 aromatic rings. The molecule has 0 fully saturated rings. The van der Waals surface area contributed by atoms with Gasteiger partial charge in [-0.3, -0.25) is 4.99 Å². The molecule has 5 heteroatoms. The van der Waals surface area contributed by atoms with Crippen LogP contribution in [0.25, 0.3) is 0 Å². The van der Waals surface area contributed by atoms with Crippen LogP contribution >= 0.6 is 35.3 Å². The number of nitrogens with zero attached hydrogens (tertiary/aromatic N) is 2. The SMILES string of the molecule is CN=C(NCCC(C)(C)C)N(C)CCc1cccs1.I. The van der Waals surface area contributed by atoms with Gasteiger partial charge < -0.3 is 10.2 Å². The Hall–Kier alpha value is -0.300. The molecule has 3 nitrogen and oxygen atoms in total. The van der Waals surface area contributed by atoms with Gasteiger partial charge in [0.25, 0.3) is 0 Å². The maximum Gasteiger partial charge on any atom is 0.193 e. The largest absolute Gasteiger partial charge is 0.356 e. The zero-order valence-corrected chi connectivity index (χ0v) is 16.4. The molecule has 0 spiro atoms. The summed E-state index contributed by atoms with van der Waals surface area (Å²) in [6.45, 7) is 8.75. The van der Waals surface area contributed by atoms with Gasteiger partial charge in [-0.05, 0) is 29.7 Å². The maximum absolute atomic E-state index is 4.34.